The number of rotatable bonds is 9. The summed E-state index contributed by atoms with van der Waals surface area (Å²) in [7, 11) is 0. The van der Waals surface area contributed by atoms with Gasteiger partial charge in [0.25, 0.3) is 6.43 Å². The molecule has 1 saturated heterocycles. The average molecular weight is 417 g/mol. The van der Waals surface area contributed by atoms with Crippen molar-refractivity contribution in [1.82, 2.24) is 24.8 Å². The van der Waals surface area contributed by atoms with Gasteiger partial charge in [0.1, 0.15) is 18.0 Å². The Hall–Kier alpha value is -3.54. The highest BCUT2D eigenvalue weighted by molar-refractivity contribution is 5.97. The van der Waals surface area contributed by atoms with Crippen molar-refractivity contribution in [3.63, 3.8) is 0 Å². The molecule has 0 aliphatic carbocycles. The van der Waals surface area contributed by atoms with Crippen molar-refractivity contribution < 1.29 is 13.5 Å². The van der Waals surface area contributed by atoms with Crippen molar-refractivity contribution in [2.75, 3.05) is 31.1 Å². The smallest absolute Gasteiger partial charge is 0.279 e. The van der Waals surface area contributed by atoms with E-state index in [0.717, 1.165) is 18.8 Å². The molecule has 158 valence electrons. The maximum absolute atomic E-state index is 12.4. The molecular formula is C18H21F2N9O. The first-order chi connectivity index (χ1) is 14.5. The van der Waals surface area contributed by atoms with Crippen molar-refractivity contribution in [2.24, 2.45) is 0 Å². The van der Waals surface area contributed by atoms with Gasteiger partial charge in [-0.05, 0) is 12.2 Å². The van der Waals surface area contributed by atoms with Crippen LogP contribution in [-0.4, -0.2) is 82.0 Å². The number of nitrogens with zero attached hydrogens (tertiary/aromatic N) is 5. The van der Waals surface area contributed by atoms with E-state index in [-0.39, 0.29) is 6.10 Å². The van der Waals surface area contributed by atoms with Crippen LogP contribution in [0.15, 0.2) is 24.7 Å². The second-order valence-electron chi connectivity index (χ2n) is 6.43. The summed E-state index contributed by atoms with van der Waals surface area (Å²) in [6, 6.07) is 1.79. The number of halogens is 2. The number of morpholine rings is 1. The second-order valence-corrected chi connectivity index (χ2v) is 6.43. The molecule has 1 unspecified atom stereocenters. The summed E-state index contributed by atoms with van der Waals surface area (Å²) in [6.45, 7) is 2.06. The Labute approximate surface area is 171 Å². The fraction of sp³-hybridized carbons (Fsp3) is 0.333. The zero-order valence-electron chi connectivity index (χ0n) is 15.9. The Morgan fingerprint density at radius 2 is 2.13 bits per heavy atom. The molecule has 2 aromatic heterocycles. The number of H-pyrrole nitrogens is 1. The molecule has 0 bridgehead atoms. The van der Waals surface area contributed by atoms with Crippen molar-refractivity contribution in [3.8, 4) is 11.4 Å². The molecule has 1 aliphatic rings. The van der Waals surface area contributed by atoms with Gasteiger partial charge in [0.15, 0.2) is 0 Å². The molecule has 1 fully saturated rings. The van der Waals surface area contributed by atoms with Crippen LogP contribution in [-0.2, 0) is 4.74 Å². The Kier molecular flexibility index (Phi) is 6.91. The summed E-state index contributed by atoms with van der Waals surface area (Å²) >= 11 is 0. The molecule has 3 rings (SSSR count). The van der Waals surface area contributed by atoms with Gasteiger partial charge in [0.2, 0.25) is 0 Å². The van der Waals surface area contributed by atoms with Crippen LogP contribution < -0.4 is 4.90 Å². The van der Waals surface area contributed by atoms with Gasteiger partial charge >= 0.3 is 0 Å². The lowest BCUT2D eigenvalue weighted by Crippen LogP contribution is -2.47. The molecule has 12 heteroatoms. The Balaban J connectivity index is 1.71. The molecule has 0 aromatic carbocycles. The summed E-state index contributed by atoms with van der Waals surface area (Å²) in [4.78, 5) is 19.1. The van der Waals surface area contributed by atoms with E-state index in [2.05, 4.69) is 19.9 Å². The van der Waals surface area contributed by atoms with Gasteiger partial charge in [-0.25, -0.2) is 23.7 Å². The van der Waals surface area contributed by atoms with Crippen LogP contribution >= 0.6 is 0 Å². The predicted molar refractivity (Wildman–Crippen MR) is 109 cm³/mol. The van der Waals surface area contributed by atoms with Crippen molar-refractivity contribution in [2.45, 2.75) is 12.5 Å². The molecule has 3 heterocycles. The van der Waals surface area contributed by atoms with Crippen LogP contribution in [0.5, 0.6) is 0 Å². The highest BCUT2D eigenvalue weighted by Crippen LogP contribution is 2.21. The first-order valence-corrected chi connectivity index (χ1v) is 9.05. The fourth-order valence-corrected chi connectivity index (χ4v) is 2.88. The molecule has 2 aromatic rings. The van der Waals surface area contributed by atoms with Crippen LogP contribution in [0.4, 0.5) is 14.6 Å². The molecule has 1 atom stereocenters. The van der Waals surface area contributed by atoms with Crippen molar-refractivity contribution >= 4 is 30.3 Å². The van der Waals surface area contributed by atoms with E-state index >= 15 is 0 Å². The summed E-state index contributed by atoms with van der Waals surface area (Å²) in [6.07, 6.45) is 4.41. The predicted octanol–water partition coefficient (Wildman–Crippen LogP) is 1.89. The van der Waals surface area contributed by atoms with Crippen molar-refractivity contribution in [1.29, 1.82) is 16.2 Å². The Morgan fingerprint density at radius 1 is 1.33 bits per heavy atom. The molecule has 0 saturated carbocycles. The van der Waals surface area contributed by atoms with Crippen molar-refractivity contribution in [3.05, 3.63) is 30.5 Å². The number of alkyl halides is 2. The van der Waals surface area contributed by atoms with Gasteiger partial charge in [-0.1, -0.05) is 0 Å². The number of allylic oxidation sites excluding steroid dienone is 1. The van der Waals surface area contributed by atoms with Crippen LogP contribution in [0.25, 0.3) is 17.5 Å². The van der Waals surface area contributed by atoms with Gasteiger partial charge < -0.3 is 19.5 Å². The van der Waals surface area contributed by atoms with E-state index in [1.54, 1.807) is 6.07 Å². The van der Waals surface area contributed by atoms with E-state index in [1.165, 1.54) is 23.5 Å². The van der Waals surface area contributed by atoms with E-state index in [9.17, 15) is 8.78 Å². The topological polar surface area (TPSA) is 142 Å². The maximum atomic E-state index is 12.4. The lowest BCUT2D eigenvalue weighted by molar-refractivity contribution is 0.0349. The normalized spacial score (nSPS) is 16.8. The number of ether oxygens (including phenoxy) is 1. The molecule has 10 nitrogen and oxygen atoms in total. The summed E-state index contributed by atoms with van der Waals surface area (Å²) in [5.74, 6) is 1.02. The zero-order chi connectivity index (χ0) is 21.5. The van der Waals surface area contributed by atoms with Crippen LogP contribution in [0.3, 0.4) is 0 Å². The van der Waals surface area contributed by atoms with Gasteiger partial charge in [-0.2, -0.15) is 0 Å². The first-order valence-electron chi connectivity index (χ1n) is 9.05. The van der Waals surface area contributed by atoms with E-state index in [4.69, 9.17) is 21.0 Å². The number of aromatic nitrogens is 4. The van der Waals surface area contributed by atoms with Gasteiger partial charge in [-0.3, -0.25) is 16.2 Å². The highest BCUT2D eigenvalue weighted by Gasteiger charge is 2.23. The number of hydrogen-bond donors (Lipinski definition) is 4. The van der Waals surface area contributed by atoms with Crippen LogP contribution in [0, 0.1) is 16.2 Å². The third kappa shape index (κ3) is 5.29. The standard InChI is InChI=1S/C18H21F2N9O/c19-18(20)13(23)1-2-16-24-6-15(27-16)14-5-17(26-11-25-14)29-3-4-30-12(8-29)7-28(9-21)10-22/h1-2,5-6,9-12,18,21-23H,3-4,7-8H2,(H,24,27)/b2-1-,21-9?,22-10?,23-13?. The highest BCUT2D eigenvalue weighted by atomic mass is 19.3. The average Bonchev–Trinajstić information content (AvgIpc) is 3.25. The zero-order valence-corrected chi connectivity index (χ0v) is 15.9. The Bertz CT molecular complexity index is 922. The number of anilines is 1. The van der Waals surface area contributed by atoms with Gasteiger partial charge in [-0.15, -0.1) is 0 Å². The number of aromatic amines is 1. The molecule has 0 radical (unpaired) electrons. The molecule has 1 aliphatic heterocycles. The third-order valence-electron chi connectivity index (χ3n) is 4.39. The minimum absolute atomic E-state index is 0.186. The quantitative estimate of drug-likeness (QED) is 0.363. The molecular weight excluding hydrogens is 396 g/mol. The summed E-state index contributed by atoms with van der Waals surface area (Å²) in [5, 5.41) is 21.7. The Morgan fingerprint density at radius 3 is 2.87 bits per heavy atom. The number of imidazole rings is 1. The van der Waals surface area contributed by atoms with Crippen LogP contribution in [0.1, 0.15) is 5.82 Å². The lowest BCUT2D eigenvalue weighted by Gasteiger charge is -2.35. The summed E-state index contributed by atoms with van der Waals surface area (Å²) in [5.41, 5.74) is 0.383. The molecule has 0 amide bonds. The van der Waals surface area contributed by atoms with Gasteiger partial charge in [0.05, 0.1) is 55.2 Å². The van der Waals surface area contributed by atoms with Gasteiger partial charge in [0, 0.05) is 19.2 Å². The SMILES string of the molecule is N=CN(C=N)CC1CN(c2cc(-c3cnc(/C=C\C(=N)C(F)F)[nH]3)ncn2)CCO1. The minimum atomic E-state index is -2.83. The first kappa shape index (κ1) is 21.2. The largest absolute Gasteiger partial charge is 0.373 e. The number of nitrogens with one attached hydrogen (secondary N) is 4. The third-order valence-corrected chi connectivity index (χ3v) is 4.39. The monoisotopic (exact) mass is 417 g/mol. The molecule has 30 heavy (non-hydrogen) atoms. The maximum Gasteiger partial charge on any atom is 0.279 e. The lowest BCUT2D eigenvalue weighted by atomic mass is 10.2. The summed E-state index contributed by atoms with van der Waals surface area (Å²) < 4.78 is 30.5. The van der Waals surface area contributed by atoms with Crippen LogP contribution in [0.2, 0.25) is 0 Å². The fourth-order valence-electron chi connectivity index (χ4n) is 2.88. The van der Waals surface area contributed by atoms with E-state index in [0.29, 0.717) is 49.3 Å². The van der Waals surface area contributed by atoms with E-state index in [1.807, 2.05) is 4.90 Å². The molecule has 0 spiro atoms. The molecule has 4 N–H and O–H groups in total. The number of hydrogen-bond acceptors (Lipinski definition) is 8. The second kappa shape index (κ2) is 9.78. The minimum Gasteiger partial charge on any atom is -0.373 e. The van der Waals surface area contributed by atoms with E-state index < -0.39 is 12.1 Å².